The summed E-state index contributed by atoms with van der Waals surface area (Å²) in [5, 5.41) is 2.88. The van der Waals surface area contributed by atoms with Crippen molar-refractivity contribution in [2.24, 2.45) is 0 Å². The van der Waals surface area contributed by atoms with Crippen LogP contribution in [0.25, 0.3) is 6.08 Å². The van der Waals surface area contributed by atoms with Crippen LogP contribution in [-0.2, 0) is 17.8 Å². The van der Waals surface area contributed by atoms with E-state index in [4.69, 9.17) is 4.74 Å². The van der Waals surface area contributed by atoms with Gasteiger partial charge in [-0.25, -0.2) is 4.39 Å². The number of benzene rings is 2. The van der Waals surface area contributed by atoms with Gasteiger partial charge in [0.1, 0.15) is 0 Å². The predicted octanol–water partition coefficient (Wildman–Crippen LogP) is 3.02. The molecule has 0 radical (unpaired) electrons. The van der Waals surface area contributed by atoms with E-state index in [-0.39, 0.29) is 11.7 Å². The Hall–Kier alpha value is -2.66. The summed E-state index contributed by atoms with van der Waals surface area (Å²) >= 11 is 0. The van der Waals surface area contributed by atoms with Crippen LogP contribution in [0.3, 0.4) is 0 Å². The number of amides is 1. The maximum absolute atomic E-state index is 13.6. The molecule has 3 rings (SSSR count). The first-order valence-electron chi connectivity index (χ1n) is 8.74. The van der Waals surface area contributed by atoms with E-state index in [9.17, 15) is 9.18 Å². The molecule has 0 saturated heterocycles. The molecule has 2 aromatic carbocycles. The molecule has 0 bridgehead atoms. The molecule has 0 aliphatic carbocycles. The molecule has 1 heterocycles. The van der Waals surface area contributed by atoms with Gasteiger partial charge < -0.3 is 10.1 Å². The largest absolute Gasteiger partial charge is 0.494 e. The molecule has 0 spiro atoms. The molecule has 0 fully saturated rings. The van der Waals surface area contributed by atoms with Crippen molar-refractivity contribution in [3.8, 4) is 5.75 Å². The summed E-state index contributed by atoms with van der Waals surface area (Å²) in [4.78, 5) is 14.3. The van der Waals surface area contributed by atoms with Crippen LogP contribution in [0.2, 0.25) is 0 Å². The number of ether oxygens (including phenoxy) is 1. The van der Waals surface area contributed by atoms with Crippen molar-refractivity contribution in [1.82, 2.24) is 10.2 Å². The van der Waals surface area contributed by atoms with Gasteiger partial charge in [0.25, 0.3) is 0 Å². The van der Waals surface area contributed by atoms with Crippen LogP contribution < -0.4 is 10.1 Å². The second kappa shape index (κ2) is 8.63. The zero-order chi connectivity index (χ0) is 18.4. The van der Waals surface area contributed by atoms with Gasteiger partial charge in [0, 0.05) is 32.3 Å². The number of nitrogens with one attached hydrogen (secondary N) is 1. The fourth-order valence-electron chi connectivity index (χ4n) is 3.10. The molecule has 1 aliphatic heterocycles. The minimum absolute atomic E-state index is 0.182. The number of halogens is 1. The lowest BCUT2D eigenvalue weighted by Gasteiger charge is -2.28. The molecule has 4 nitrogen and oxygen atoms in total. The molecule has 136 valence electrons. The average Bonchev–Trinajstić information content (AvgIpc) is 2.66. The number of nitrogens with zero attached hydrogens (tertiary/aromatic N) is 1. The van der Waals surface area contributed by atoms with Crippen LogP contribution in [0.5, 0.6) is 5.75 Å². The minimum Gasteiger partial charge on any atom is -0.494 e. The molecule has 0 unspecified atom stereocenters. The Morgan fingerprint density at radius 2 is 2.08 bits per heavy atom. The van der Waals surface area contributed by atoms with Gasteiger partial charge in [0.15, 0.2) is 11.6 Å². The zero-order valence-electron chi connectivity index (χ0n) is 14.9. The Morgan fingerprint density at radius 1 is 1.27 bits per heavy atom. The molecule has 1 aliphatic rings. The van der Waals surface area contributed by atoms with Gasteiger partial charge in [-0.3, -0.25) is 9.69 Å². The Morgan fingerprint density at radius 3 is 2.85 bits per heavy atom. The monoisotopic (exact) mass is 354 g/mol. The van der Waals surface area contributed by atoms with Gasteiger partial charge in [0.2, 0.25) is 5.91 Å². The fourth-order valence-corrected chi connectivity index (χ4v) is 3.10. The first-order chi connectivity index (χ1) is 12.7. The van der Waals surface area contributed by atoms with E-state index >= 15 is 0 Å². The lowest BCUT2D eigenvalue weighted by molar-refractivity contribution is -0.116. The highest BCUT2D eigenvalue weighted by molar-refractivity contribution is 5.91. The van der Waals surface area contributed by atoms with Crippen molar-refractivity contribution in [2.45, 2.75) is 13.0 Å². The van der Waals surface area contributed by atoms with E-state index in [0.29, 0.717) is 12.1 Å². The van der Waals surface area contributed by atoms with Crippen molar-refractivity contribution in [3.63, 3.8) is 0 Å². The van der Waals surface area contributed by atoms with Crippen molar-refractivity contribution in [1.29, 1.82) is 0 Å². The summed E-state index contributed by atoms with van der Waals surface area (Å²) in [5.41, 5.74) is 3.40. The summed E-state index contributed by atoms with van der Waals surface area (Å²) in [7, 11) is 1.42. The number of hydrogen-bond acceptors (Lipinski definition) is 3. The van der Waals surface area contributed by atoms with Crippen LogP contribution in [0, 0.1) is 5.82 Å². The third-order valence-electron chi connectivity index (χ3n) is 4.54. The van der Waals surface area contributed by atoms with E-state index in [0.717, 1.165) is 26.1 Å². The van der Waals surface area contributed by atoms with Gasteiger partial charge in [-0.15, -0.1) is 0 Å². The highest BCUT2D eigenvalue weighted by atomic mass is 19.1. The molecular formula is C21H23FN2O2. The summed E-state index contributed by atoms with van der Waals surface area (Å²) in [5.74, 6) is -0.436. The quantitative estimate of drug-likeness (QED) is 0.811. The van der Waals surface area contributed by atoms with Crippen molar-refractivity contribution >= 4 is 12.0 Å². The Balaban J connectivity index is 1.44. The molecular weight excluding hydrogens is 331 g/mol. The Kier molecular flexibility index (Phi) is 6.02. The third kappa shape index (κ3) is 4.70. The number of carbonyl (C=O) groups is 1. The molecule has 0 atom stereocenters. The van der Waals surface area contributed by atoms with E-state index in [2.05, 4.69) is 34.5 Å². The van der Waals surface area contributed by atoms with Crippen LogP contribution in [0.4, 0.5) is 4.39 Å². The maximum atomic E-state index is 13.6. The first-order valence-corrected chi connectivity index (χ1v) is 8.74. The molecule has 1 amide bonds. The second-order valence-corrected chi connectivity index (χ2v) is 6.31. The molecule has 1 N–H and O–H groups in total. The average molecular weight is 354 g/mol. The molecule has 5 heteroatoms. The summed E-state index contributed by atoms with van der Waals surface area (Å²) in [6.45, 7) is 3.33. The van der Waals surface area contributed by atoms with Gasteiger partial charge >= 0.3 is 0 Å². The van der Waals surface area contributed by atoms with E-state index in [1.165, 1.54) is 30.4 Å². The molecule has 0 saturated carbocycles. The predicted molar refractivity (Wildman–Crippen MR) is 100 cm³/mol. The van der Waals surface area contributed by atoms with Gasteiger partial charge in [0.05, 0.1) is 7.11 Å². The lowest BCUT2D eigenvalue weighted by Crippen LogP contribution is -2.37. The van der Waals surface area contributed by atoms with E-state index in [1.807, 2.05) is 0 Å². The van der Waals surface area contributed by atoms with Gasteiger partial charge in [-0.1, -0.05) is 30.3 Å². The molecule has 0 aromatic heterocycles. The normalized spacial score (nSPS) is 14.2. The molecule has 2 aromatic rings. The lowest BCUT2D eigenvalue weighted by atomic mass is 10.00. The van der Waals surface area contributed by atoms with Crippen molar-refractivity contribution in [2.75, 3.05) is 26.7 Å². The van der Waals surface area contributed by atoms with E-state index < -0.39 is 5.82 Å². The number of hydrogen-bond donors (Lipinski definition) is 1. The highest BCUT2D eigenvalue weighted by Gasteiger charge is 2.14. The van der Waals surface area contributed by atoms with Gasteiger partial charge in [-0.05, 0) is 41.3 Å². The summed E-state index contributed by atoms with van der Waals surface area (Å²) in [6, 6.07) is 13.1. The number of rotatable bonds is 6. The smallest absolute Gasteiger partial charge is 0.244 e. The van der Waals surface area contributed by atoms with Gasteiger partial charge in [-0.2, -0.15) is 0 Å². The minimum atomic E-state index is -0.444. The van der Waals surface area contributed by atoms with Crippen molar-refractivity contribution in [3.05, 3.63) is 71.0 Å². The topological polar surface area (TPSA) is 41.6 Å². The summed E-state index contributed by atoms with van der Waals surface area (Å²) in [6.07, 6.45) is 4.06. The maximum Gasteiger partial charge on any atom is 0.244 e. The first kappa shape index (κ1) is 18.1. The van der Waals surface area contributed by atoms with Crippen LogP contribution >= 0.6 is 0 Å². The van der Waals surface area contributed by atoms with Crippen LogP contribution in [-0.4, -0.2) is 37.6 Å². The van der Waals surface area contributed by atoms with Crippen LogP contribution in [0.15, 0.2) is 48.5 Å². The number of fused-ring (bicyclic) bond motifs is 1. The number of methoxy groups -OCH3 is 1. The Labute approximate surface area is 153 Å². The zero-order valence-corrected chi connectivity index (χ0v) is 14.9. The Bertz CT molecular complexity index is 804. The van der Waals surface area contributed by atoms with Crippen LogP contribution in [0.1, 0.15) is 16.7 Å². The SMILES string of the molecule is COc1ccc(/C=C/C(=O)NCCN2CCc3ccccc3C2)cc1F. The third-order valence-corrected chi connectivity index (χ3v) is 4.54. The second-order valence-electron chi connectivity index (χ2n) is 6.31. The van der Waals surface area contributed by atoms with Crippen molar-refractivity contribution < 1.29 is 13.9 Å². The highest BCUT2D eigenvalue weighted by Crippen LogP contribution is 2.19. The number of carbonyl (C=O) groups excluding carboxylic acids is 1. The fraction of sp³-hybridized carbons (Fsp3) is 0.286. The molecule has 26 heavy (non-hydrogen) atoms. The summed E-state index contributed by atoms with van der Waals surface area (Å²) < 4.78 is 18.5. The standard InChI is InChI=1S/C21H23FN2O2/c1-26-20-8-6-16(14-19(20)22)7-9-21(25)23-11-13-24-12-10-17-4-2-3-5-18(17)15-24/h2-9,14H,10-13,15H2,1H3,(H,23,25)/b9-7+. The van der Waals surface area contributed by atoms with E-state index in [1.54, 1.807) is 18.2 Å².